The number of carboxylic acid groups (broad SMARTS) is 2. The van der Waals surface area contributed by atoms with Gasteiger partial charge in [-0.05, 0) is 12.1 Å². The van der Waals surface area contributed by atoms with E-state index in [1.165, 1.54) is 0 Å². The molecule has 0 saturated carbocycles. The zero-order chi connectivity index (χ0) is 14.4. The second kappa shape index (κ2) is 13.1. The van der Waals surface area contributed by atoms with Gasteiger partial charge < -0.3 is 20.4 Å². The van der Waals surface area contributed by atoms with Gasteiger partial charge in [-0.2, -0.15) is 0 Å². The second-order valence-electron chi connectivity index (χ2n) is 2.87. The van der Waals surface area contributed by atoms with Crippen molar-refractivity contribution in [2.24, 2.45) is 0 Å². The van der Waals surface area contributed by atoms with Gasteiger partial charge in [0.05, 0.1) is 18.8 Å². The standard InChI is InChI=1S/C7H6O2.C3H6O2.C2H6O2/c8-7(9)6-4-2-1-3-5-6;1-2-3(4)5;3-1-2-4/h1-5H,(H,8,9);2H2,1H3,(H,4,5);3-4H,1-2H2. The SMILES string of the molecule is CCC(=O)O.O=C(O)c1ccccc1.OCCO. The highest BCUT2D eigenvalue weighted by molar-refractivity contribution is 5.87. The maximum absolute atomic E-state index is 10.2. The Balaban J connectivity index is 0. The van der Waals surface area contributed by atoms with Gasteiger partial charge in [-0.25, -0.2) is 4.79 Å². The van der Waals surface area contributed by atoms with E-state index in [0.29, 0.717) is 5.56 Å². The predicted octanol–water partition coefficient (Wildman–Crippen LogP) is 0.837. The van der Waals surface area contributed by atoms with E-state index in [1.54, 1.807) is 37.3 Å². The molecule has 0 heterocycles. The largest absolute Gasteiger partial charge is 0.481 e. The van der Waals surface area contributed by atoms with Crippen molar-refractivity contribution >= 4 is 11.9 Å². The van der Waals surface area contributed by atoms with E-state index in [0.717, 1.165) is 0 Å². The van der Waals surface area contributed by atoms with E-state index in [2.05, 4.69) is 0 Å². The first kappa shape index (κ1) is 18.4. The normalized spacial score (nSPS) is 8.17. The quantitative estimate of drug-likeness (QED) is 0.638. The predicted molar refractivity (Wildman–Crippen MR) is 65.5 cm³/mol. The number of hydrogen-bond acceptors (Lipinski definition) is 4. The summed E-state index contributed by atoms with van der Waals surface area (Å²) in [7, 11) is 0. The number of aromatic carboxylic acids is 1. The second-order valence-corrected chi connectivity index (χ2v) is 2.87. The molecule has 18 heavy (non-hydrogen) atoms. The number of benzene rings is 1. The molecule has 6 heteroatoms. The molecule has 1 aromatic carbocycles. The lowest BCUT2D eigenvalue weighted by Crippen LogP contribution is -1.93. The van der Waals surface area contributed by atoms with Crippen LogP contribution in [0.3, 0.4) is 0 Å². The van der Waals surface area contributed by atoms with Crippen LogP contribution in [0.25, 0.3) is 0 Å². The van der Waals surface area contributed by atoms with Crippen LogP contribution >= 0.6 is 0 Å². The van der Waals surface area contributed by atoms with Crippen molar-refractivity contribution in [2.45, 2.75) is 13.3 Å². The topological polar surface area (TPSA) is 115 Å². The van der Waals surface area contributed by atoms with Crippen LogP contribution in [0, 0.1) is 0 Å². The molecule has 0 aromatic heterocycles. The monoisotopic (exact) mass is 258 g/mol. The van der Waals surface area contributed by atoms with Crippen LogP contribution in [-0.2, 0) is 4.79 Å². The Morgan fingerprint density at radius 1 is 1.00 bits per heavy atom. The first-order valence-electron chi connectivity index (χ1n) is 5.21. The van der Waals surface area contributed by atoms with Gasteiger partial charge in [-0.15, -0.1) is 0 Å². The molecule has 0 aliphatic heterocycles. The molecule has 0 atom stereocenters. The Labute approximate surface area is 105 Å². The van der Waals surface area contributed by atoms with Crippen molar-refractivity contribution in [2.75, 3.05) is 13.2 Å². The van der Waals surface area contributed by atoms with Crippen molar-refractivity contribution in [3.8, 4) is 0 Å². The van der Waals surface area contributed by atoms with Crippen LogP contribution in [0.15, 0.2) is 30.3 Å². The summed E-state index contributed by atoms with van der Waals surface area (Å²) in [6.45, 7) is 1.35. The maximum atomic E-state index is 10.2. The van der Waals surface area contributed by atoms with Crippen molar-refractivity contribution in [1.82, 2.24) is 0 Å². The van der Waals surface area contributed by atoms with Gasteiger partial charge in [-0.1, -0.05) is 25.1 Å². The highest BCUT2D eigenvalue weighted by Crippen LogP contribution is 1.96. The number of aliphatic carboxylic acids is 1. The van der Waals surface area contributed by atoms with Crippen LogP contribution < -0.4 is 0 Å². The Bertz CT molecular complexity index is 321. The third-order valence-corrected chi connectivity index (χ3v) is 1.42. The van der Waals surface area contributed by atoms with Gasteiger partial charge in [0.1, 0.15) is 0 Å². The fourth-order valence-corrected chi connectivity index (χ4v) is 0.581. The third-order valence-electron chi connectivity index (χ3n) is 1.42. The van der Waals surface area contributed by atoms with Crippen LogP contribution in [0.1, 0.15) is 23.7 Å². The molecule has 0 spiro atoms. The van der Waals surface area contributed by atoms with Gasteiger partial charge in [0.2, 0.25) is 0 Å². The molecule has 0 unspecified atom stereocenters. The number of aliphatic hydroxyl groups excluding tert-OH is 2. The lowest BCUT2D eigenvalue weighted by atomic mass is 10.2. The summed E-state index contributed by atoms with van der Waals surface area (Å²) in [4.78, 5) is 19.6. The van der Waals surface area contributed by atoms with E-state index in [4.69, 9.17) is 20.4 Å². The first-order chi connectivity index (χ1) is 8.49. The van der Waals surface area contributed by atoms with Crippen LogP contribution in [-0.4, -0.2) is 45.6 Å². The van der Waals surface area contributed by atoms with Crippen LogP contribution in [0.5, 0.6) is 0 Å². The Morgan fingerprint density at radius 2 is 1.39 bits per heavy atom. The summed E-state index contributed by atoms with van der Waals surface area (Å²) in [6.07, 6.45) is 0.222. The lowest BCUT2D eigenvalue weighted by Gasteiger charge is -1.88. The minimum absolute atomic E-state index is 0.125. The molecule has 0 saturated heterocycles. The minimum Gasteiger partial charge on any atom is -0.481 e. The molecular weight excluding hydrogens is 240 g/mol. The third kappa shape index (κ3) is 14.1. The van der Waals surface area contributed by atoms with E-state index >= 15 is 0 Å². The van der Waals surface area contributed by atoms with Crippen molar-refractivity contribution < 1.29 is 30.0 Å². The summed E-state index contributed by atoms with van der Waals surface area (Å²) >= 11 is 0. The lowest BCUT2D eigenvalue weighted by molar-refractivity contribution is -0.136. The minimum atomic E-state index is -0.879. The average molecular weight is 258 g/mol. The van der Waals surface area contributed by atoms with E-state index < -0.39 is 11.9 Å². The van der Waals surface area contributed by atoms with Gasteiger partial charge >= 0.3 is 11.9 Å². The maximum Gasteiger partial charge on any atom is 0.335 e. The number of aliphatic hydroxyl groups is 2. The molecule has 0 radical (unpaired) electrons. The average Bonchev–Trinajstić information content (AvgIpc) is 2.40. The number of carboxylic acids is 2. The highest BCUT2D eigenvalue weighted by atomic mass is 16.4. The Hall–Kier alpha value is -1.92. The Morgan fingerprint density at radius 3 is 1.56 bits per heavy atom. The summed E-state index contributed by atoms with van der Waals surface area (Å²) in [5.41, 5.74) is 0.331. The fraction of sp³-hybridized carbons (Fsp3) is 0.333. The first-order valence-corrected chi connectivity index (χ1v) is 5.21. The Kier molecular flexibility index (Phi) is 13.5. The molecule has 6 nitrogen and oxygen atoms in total. The molecule has 0 aliphatic carbocycles. The molecule has 0 bridgehead atoms. The van der Waals surface area contributed by atoms with E-state index in [9.17, 15) is 9.59 Å². The molecule has 0 aliphatic rings. The molecule has 0 fully saturated rings. The van der Waals surface area contributed by atoms with Gasteiger partial charge in [0.25, 0.3) is 0 Å². The summed E-state index contributed by atoms with van der Waals surface area (Å²) in [6, 6.07) is 8.30. The molecule has 1 rings (SSSR count). The fourth-order valence-electron chi connectivity index (χ4n) is 0.581. The summed E-state index contributed by atoms with van der Waals surface area (Å²) in [5.74, 6) is -1.62. The number of rotatable bonds is 3. The summed E-state index contributed by atoms with van der Waals surface area (Å²) < 4.78 is 0. The number of hydrogen-bond donors (Lipinski definition) is 4. The highest BCUT2D eigenvalue weighted by Gasteiger charge is 1.96. The van der Waals surface area contributed by atoms with E-state index in [-0.39, 0.29) is 19.6 Å². The zero-order valence-corrected chi connectivity index (χ0v) is 10.1. The van der Waals surface area contributed by atoms with Gasteiger partial charge in [0.15, 0.2) is 0 Å². The van der Waals surface area contributed by atoms with Crippen LogP contribution in [0.2, 0.25) is 0 Å². The molecular formula is C12H18O6. The van der Waals surface area contributed by atoms with Gasteiger partial charge in [0, 0.05) is 6.42 Å². The number of carbonyl (C=O) groups is 2. The van der Waals surface area contributed by atoms with Crippen molar-refractivity contribution in [3.63, 3.8) is 0 Å². The van der Waals surface area contributed by atoms with Gasteiger partial charge in [-0.3, -0.25) is 4.79 Å². The molecule has 1 aromatic rings. The molecule has 0 amide bonds. The van der Waals surface area contributed by atoms with E-state index in [1.807, 2.05) is 0 Å². The smallest absolute Gasteiger partial charge is 0.335 e. The molecule has 102 valence electrons. The van der Waals surface area contributed by atoms with Crippen LogP contribution in [0.4, 0.5) is 0 Å². The summed E-state index contributed by atoms with van der Waals surface area (Å²) in [5, 5.41) is 31.4. The zero-order valence-electron chi connectivity index (χ0n) is 10.1. The molecule has 4 N–H and O–H groups in total. The van der Waals surface area contributed by atoms with Crippen molar-refractivity contribution in [3.05, 3.63) is 35.9 Å². The van der Waals surface area contributed by atoms with Crippen molar-refractivity contribution in [1.29, 1.82) is 0 Å².